The number of hydrogen-bond donors (Lipinski definition) is 1. The number of carbonyl (C=O) groups excluding carboxylic acids is 1. The molecule has 0 bridgehead atoms. The molecule has 22 heavy (non-hydrogen) atoms. The number of amides is 2. The SMILES string of the molecule is CC[C@@H]1CC(=NC2CCCCC2)N(C2CCCCC2)C(=O)N1. The van der Waals surface area contributed by atoms with E-state index in [1.807, 2.05) is 4.90 Å². The average molecular weight is 305 g/mol. The highest BCUT2D eigenvalue weighted by atomic mass is 16.2. The quantitative estimate of drug-likeness (QED) is 0.832. The Morgan fingerprint density at radius 1 is 1.05 bits per heavy atom. The lowest BCUT2D eigenvalue weighted by atomic mass is 9.92. The number of carbonyl (C=O) groups is 1. The largest absolute Gasteiger partial charge is 0.334 e. The fourth-order valence-corrected chi connectivity index (χ4v) is 4.23. The van der Waals surface area contributed by atoms with Gasteiger partial charge < -0.3 is 5.32 Å². The molecule has 0 radical (unpaired) electrons. The van der Waals surface area contributed by atoms with Gasteiger partial charge in [-0.2, -0.15) is 0 Å². The molecule has 0 aromatic heterocycles. The summed E-state index contributed by atoms with van der Waals surface area (Å²) in [5, 5.41) is 3.19. The molecule has 0 unspecified atom stereocenters. The lowest BCUT2D eigenvalue weighted by molar-refractivity contribution is 0.181. The molecule has 3 rings (SSSR count). The summed E-state index contributed by atoms with van der Waals surface area (Å²) in [6, 6.07) is 1.22. The van der Waals surface area contributed by atoms with Gasteiger partial charge in [0.2, 0.25) is 0 Å². The number of nitrogens with zero attached hydrogens (tertiary/aromatic N) is 2. The number of urea groups is 1. The summed E-state index contributed by atoms with van der Waals surface area (Å²) >= 11 is 0. The third-order valence-corrected chi connectivity index (χ3v) is 5.59. The maximum Gasteiger partial charge on any atom is 0.323 e. The van der Waals surface area contributed by atoms with E-state index >= 15 is 0 Å². The van der Waals surface area contributed by atoms with Crippen molar-refractivity contribution in [1.82, 2.24) is 10.2 Å². The monoisotopic (exact) mass is 305 g/mol. The second-order valence-electron chi connectivity index (χ2n) is 7.26. The van der Waals surface area contributed by atoms with Gasteiger partial charge in [0.15, 0.2) is 0 Å². The normalized spacial score (nSPS) is 30.6. The summed E-state index contributed by atoms with van der Waals surface area (Å²) < 4.78 is 0. The van der Waals surface area contributed by atoms with Crippen molar-refractivity contribution in [3.05, 3.63) is 0 Å². The lowest BCUT2D eigenvalue weighted by Crippen LogP contribution is -2.58. The van der Waals surface area contributed by atoms with Crippen LogP contribution in [0.25, 0.3) is 0 Å². The van der Waals surface area contributed by atoms with Crippen LogP contribution >= 0.6 is 0 Å². The summed E-state index contributed by atoms with van der Waals surface area (Å²) in [5.74, 6) is 1.09. The number of hydrogen-bond acceptors (Lipinski definition) is 2. The van der Waals surface area contributed by atoms with Crippen LogP contribution in [0, 0.1) is 0 Å². The first-order valence-corrected chi connectivity index (χ1v) is 9.44. The number of aliphatic imine (C=N–C) groups is 1. The maximum absolute atomic E-state index is 12.6. The summed E-state index contributed by atoms with van der Waals surface area (Å²) in [6.07, 6.45) is 14.4. The van der Waals surface area contributed by atoms with Gasteiger partial charge in [-0.3, -0.25) is 9.89 Å². The average Bonchev–Trinajstić information content (AvgIpc) is 2.56. The third-order valence-electron chi connectivity index (χ3n) is 5.59. The smallest absolute Gasteiger partial charge is 0.323 e. The predicted octanol–water partition coefficient (Wildman–Crippen LogP) is 4.24. The molecule has 3 aliphatic rings. The summed E-state index contributed by atoms with van der Waals surface area (Å²) in [4.78, 5) is 19.8. The van der Waals surface area contributed by atoms with E-state index in [9.17, 15) is 4.79 Å². The first-order chi connectivity index (χ1) is 10.8. The van der Waals surface area contributed by atoms with Crippen LogP contribution in [0.2, 0.25) is 0 Å². The van der Waals surface area contributed by atoms with Crippen molar-refractivity contribution in [3.63, 3.8) is 0 Å². The van der Waals surface area contributed by atoms with Crippen molar-refractivity contribution in [2.75, 3.05) is 0 Å². The van der Waals surface area contributed by atoms with Gasteiger partial charge in [-0.1, -0.05) is 45.4 Å². The highest BCUT2D eigenvalue weighted by Gasteiger charge is 2.35. The van der Waals surface area contributed by atoms with Gasteiger partial charge in [0.1, 0.15) is 5.84 Å². The van der Waals surface area contributed by atoms with Crippen LogP contribution < -0.4 is 5.32 Å². The van der Waals surface area contributed by atoms with Crippen LogP contribution in [0.1, 0.15) is 84.0 Å². The van der Waals surface area contributed by atoms with Gasteiger partial charge in [0, 0.05) is 18.5 Å². The Kier molecular flexibility index (Phi) is 5.37. The third kappa shape index (κ3) is 3.64. The van der Waals surface area contributed by atoms with Crippen LogP contribution in [0.15, 0.2) is 4.99 Å². The van der Waals surface area contributed by atoms with E-state index in [1.54, 1.807) is 0 Å². The molecule has 2 saturated carbocycles. The Labute approximate surface area is 134 Å². The van der Waals surface area contributed by atoms with Gasteiger partial charge in [-0.15, -0.1) is 0 Å². The predicted molar refractivity (Wildman–Crippen MR) is 90.2 cm³/mol. The minimum atomic E-state index is 0.111. The highest BCUT2D eigenvalue weighted by molar-refractivity contribution is 6.00. The molecular weight excluding hydrogens is 274 g/mol. The zero-order valence-electron chi connectivity index (χ0n) is 14.0. The zero-order valence-corrected chi connectivity index (χ0v) is 14.0. The Hall–Kier alpha value is -1.06. The molecular formula is C18H31N3O. The second-order valence-corrected chi connectivity index (χ2v) is 7.26. The Morgan fingerprint density at radius 2 is 1.68 bits per heavy atom. The Bertz CT molecular complexity index is 409. The molecule has 0 spiro atoms. The Morgan fingerprint density at radius 3 is 2.32 bits per heavy atom. The van der Waals surface area contributed by atoms with E-state index in [2.05, 4.69) is 12.2 Å². The Balaban J connectivity index is 1.78. The van der Waals surface area contributed by atoms with Gasteiger partial charge in [-0.25, -0.2) is 4.79 Å². The summed E-state index contributed by atoms with van der Waals surface area (Å²) in [6.45, 7) is 2.15. The van der Waals surface area contributed by atoms with Crippen molar-refractivity contribution >= 4 is 11.9 Å². The van der Waals surface area contributed by atoms with Gasteiger partial charge in [-0.05, 0) is 32.1 Å². The van der Waals surface area contributed by atoms with E-state index in [4.69, 9.17) is 4.99 Å². The topological polar surface area (TPSA) is 44.7 Å². The second kappa shape index (κ2) is 7.47. The van der Waals surface area contributed by atoms with Crippen LogP contribution in [0.5, 0.6) is 0 Å². The molecule has 0 aromatic carbocycles. The van der Waals surface area contributed by atoms with E-state index in [0.29, 0.717) is 12.1 Å². The van der Waals surface area contributed by atoms with Crippen molar-refractivity contribution in [2.45, 2.75) is 102 Å². The number of rotatable bonds is 3. The standard InChI is InChI=1S/C18H31N3O/c1-2-14-13-17(19-15-9-5-3-6-10-15)21(18(22)20-14)16-11-7-4-8-12-16/h14-16H,2-13H2,1H3,(H,20,22)/t14-/m1/s1. The van der Waals surface area contributed by atoms with Crippen LogP contribution in [-0.2, 0) is 0 Å². The van der Waals surface area contributed by atoms with Gasteiger partial charge in [0.25, 0.3) is 0 Å². The van der Waals surface area contributed by atoms with Crippen LogP contribution in [0.4, 0.5) is 4.79 Å². The maximum atomic E-state index is 12.6. The molecule has 2 aliphatic carbocycles. The molecule has 124 valence electrons. The fraction of sp³-hybridized carbons (Fsp3) is 0.889. The molecule has 1 atom stereocenters. The van der Waals surface area contributed by atoms with Crippen LogP contribution in [0.3, 0.4) is 0 Å². The minimum Gasteiger partial charge on any atom is -0.334 e. The van der Waals surface area contributed by atoms with Gasteiger partial charge in [0.05, 0.1) is 6.04 Å². The lowest BCUT2D eigenvalue weighted by Gasteiger charge is -2.41. The van der Waals surface area contributed by atoms with Crippen molar-refractivity contribution in [3.8, 4) is 0 Å². The zero-order chi connectivity index (χ0) is 15.4. The van der Waals surface area contributed by atoms with E-state index in [0.717, 1.165) is 31.5 Å². The van der Waals surface area contributed by atoms with E-state index < -0.39 is 0 Å². The first-order valence-electron chi connectivity index (χ1n) is 9.44. The van der Waals surface area contributed by atoms with E-state index in [1.165, 1.54) is 51.4 Å². The summed E-state index contributed by atoms with van der Waals surface area (Å²) in [7, 11) is 0. The fourth-order valence-electron chi connectivity index (χ4n) is 4.23. The van der Waals surface area contributed by atoms with Crippen molar-refractivity contribution in [1.29, 1.82) is 0 Å². The first kappa shape index (κ1) is 15.8. The van der Waals surface area contributed by atoms with Crippen LogP contribution in [-0.4, -0.2) is 34.9 Å². The molecule has 1 aliphatic heterocycles. The van der Waals surface area contributed by atoms with Crippen molar-refractivity contribution < 1.29 is 4.79 Å². The molecule has 0 aromatic rings. The number of amidine groups is 1. The summed E-state index contributed by atoms with van der Waals surface area (Å²) in [5.41, 5.74) is 0. The molecule has 2 amide bonds. The highest BCUT2D eigenvalue weighted by Crippen LogP contribution is 2.28. The van der Waals surface area contributed by atoms with Crippen molar-refractivity contribution in [2.24, 2.45) is 4.99 Å². The molecule has 4 nitrogen and oxygen atoms in total. The molecule has 3 fully saturated rings. The molecule has 1 heterocycles. The molecule has 1 saturated heterocycles. The molecule has 4 heteroatoms. The van der Waals surface area contributed by atoms with Gasteiger partial charge >= 0.3 is 6.03 Å². The van der Waals surface area contributed by atoms with E-state index in [-0.39, 0.29) is 12.1 Å². The number of nitrogens with one attached hydrogen (secondary N) is 1. The molecule has 1 N–H and O–H groups in total. The minimum absolute atomic E-state index is 0.111.